The maximum Gasteiger partial charge on any atom is 0.257 e. The highest BCUT2D eigenvalue weighted by molar-refractivity contribution is 5.85. The van der Waals surface area contributed by atoms with Gasteiger partial charge in [-0.15, -0.1) is 12.4 Å². The molecule has 158 valence electrons. The van der Waals surface area contributed by atoms with Crippen molar-refractivity contribution in [3.63, 3.8) is 0 Å². The van der Waals surface area contributed by atoms with E-state index in [-0.39, 0.29) is 24.8 Å². The average Bonchev–Trinajstić information content (AvgIpc) is 3.32. The van der Waals surface area contributed by atoms with Gasteiger partial charge < -0.3 is 9.84 Å². The normalized spacial score (nSPS) is 13.3. The van der Waals surface area contributed by atoms with E-state index >= 15 is 0 Å². The van der Waals surface area contributed by atoms with Crippen molar-refractivity contribution in [1.29, 1.82) is 0 Å². The standard InChI is InChI=1S/C24H27N3O2.ClH/c1-17(2)18-6-10-20(11-7-18)25-23(28)16-26-15-22(27-14-4-5-24(26)27)19-8-12-21(29-3)13-9-19;/h6-13,15,17H,4-5,14,16H2,1-3H3;1H. The third kappa shape index (κ3) is 4.51. The first-order chi connectivity index (χ1) is 14.0. The van der Waals surface area contributed by atoms with E-state index in [0.29, 0.717) is 11.6 Å². The minimum atomic E-state index is -0.131. The summed E-state index contributed by atoms with van der Waals surface area (Å²) in [6, 6.07) is 16.0. The van der Waals surface area contributed by atoms with Gasteiger partial charge in [-0.2, -0.15) is 0 Å². The molecule has 0 atom stereocenters. The van der Waals surface area contributed by atoms with Crippen LogP contribution in [-0.4, -0.2) is 17.6 Å². The van der Waals surface area contributed by atoms with Crippen molar-refractivity contribution in [2.45, 2.75) is 45.7 Å². The maximum atomic E-state index is 12.6. The molecule has 30 heavy (non-hydrogen) atoms. The number of halogens is 1. The topological polar surface area (TPSA) is 53.5 Å². The molecular weight excluding hydrogens is 398 g/mol. The Morgan fingerprint density at radius 1 is 1.13 bits per heavy atom. The second-order valence-electron chi connectivity index (χ2n) is 7.79. The van der Waals surface area contributed by atoms with E-state index in [1.165, 1.54) is 11.4 Å². The fourth-order valence-electron chi connectivity index (χ4n) is 3.90. The molecule has 0 unspecified atom stereocenters. The minimum absolute atomic E-state index is 0. The van der Waals surface area contributed by atoms with Crippen molar-refractivity contribution < 1.29 is 14.4 Å². The molecule has 4 rings (SSSR count). The van der Waals surface area contributed by atoms with Gasteiger partial charge in [-0.25, -0.2) is 9.13 Å². The molecule has 0 saturated heterocycles. The highest BCUT2D eigenvalue weighted by Gasteiger charge is 2.28. The fraction of sp³-hybridized carbons (Fsp3) is 0.333. The number of benzene rings is 2. The molecule has 6 heteroatoms. The Kier molecular flexibility index (Phi) is 6.83. The lowest BCUT2D eigenvalue weighted by atomic mass is 10.0. The van der Waals surface area contributed by atoms with Crippen LogP contribution in [0.3, 0.4) is 0 Å². The number of rotatable bonds is 6. The maximum absolute atomic E-state index is 12.6. The molecule has 0 saturated carbocycles. The zero-order valence-corrected chi connectivity index (χ0v) is 18.5. The van der Waals surface area contributed by atoms with Crippen molar-refractivity contribution in [2.24, 2.45) is 4.99 Å². The van der Waals surface area contributed by atoms with E-state index in [2.05, 4.69) is 46.3 Å². The molecule has 3 aromatic rings. The van der Waals surface area contributed by atoms with Crippen molar-refractivity contribution in [3.05, 3.63) is 66.1 Å². The van der Waals surface area contributed by atoms with Crippen LogP contribution in [-0.2, 0) is 19.5 Å². The Bertz CT molecular complexity index is 1020. The van der Waals surface area contributed by atoms with Crippen LogP contribution >= 0.6 is 12.4 Å². The summed E-state index contributed by atoms with van der Waals surface area (Å²) in [5.74, 6) is 2.37. The second-order valence-corrected chi connectivity index (χ2v) is 7.79. The van der Waals surface area contributed by atoms with Crippen LogP contribution in [0.5, 0.6) is 5.75 Å². The zero-order chi connectivity index (χ0) is 20.4. The highest BCUT2D eigenvalue weighted by Crippen LogP contribution is 2.26. The number of nitrogens with zero attached hydrogens (tertiary/aromatic N) is 3. The third-order valence-electron chi connectivity index (χ3n) is 5.50. The third-order valence-corrected chi connectivity index (χ3v) is 5.50. The summed E-state index contributed by atoms with van der Waals surface area (Å²) in [5, 5.41) is 12.6. The largest absolute Gasteiger partial charge is 0.859 e. The number of fused-ring (bicyclic) bond motifs is 1. The summed E-state index contributed by atoms with van der Waals surface area (Å²) in [6.45, 7) is 5.55. The molecule has 2 aromatic carbocycles. The number of hydrogen-bond donors (Lipinski definition) is 0. The van der Waals surface area contributed by atoms with Gasteiger partial charge in [0.2, 0.25) is 0 Å². The zero-order valence-electron chi connectivity index (χ0n) is 17.7. The van der Waals surface area contributed by atoms with E-state index in [1.807, 2.05) is 36.4 Å². The van der Waals surface area contributed by atoms with Gasteiger partial charge in [0.25, 0.3) is 5.82 Å². The summed E-state index contributed by atoms with van der Waals surface area (Å²) in [5.41, 5.74) is 4.22. The van der Waals surface area contributed by atoms with Crippen LogP contribution in [0.4, 0.5) is 5.69 Å². The highest BCUT2D eigenvalue weighted by atomic mass is 35.5. The van der Waals surface area contributed by atoms with Gasteiger partial charge in [0.05, 0.1) is 25.8 Å². The van der Waals surface area contributed by atoms with E-state index in [4.69, 9.17) is 4.74 Å². The van der Waals surface area contributed by atoms with Crippen LogP contribution < -0.4 is 14.4 Å². The van der Waals surface area contributed by atoms with Gasteiger partial charge in [-0.1, -0.05) is 26.0 Å². The first kappa shape index (κ1) is 21.9. The molecule has 1 aliphatic heterocycles. The van der Waals surface area contributed by atoms with Crippen molar-refractivity contribution in [1.82, 2.24) is 4.57 Å². The molecular formula is C24H28ClN3O2. The van der Waals surface area contributed by atoms with Crippen LogP contribution in [0.15, 0.2) is 59.7 Å². The van der Waals surface area contributed by atoms with Crippen LogP contribution in [0, 0.1) is 0 Å². The number of methoxy groups -OCH3 is 1. The van der Waals surface area contributed by atoms with E-state index < -0.39 is 0 Å². The summed E-state index contributed by atoms with van der Waals surface area (Å²) >= 11 is 0. The monoisotopic (exact) mass is 425 g/mol. The lowest BCUT2D eigenvalue weighted by molar-refractivity contribution is -0.693. The molecule has 0 aliphatic carbocycles. The van der Waals surface area contributed by atoms with Crippen molar-refractivity contribution in [2.75, 3.05) is 7.11 Å². The first-order valence-electron chi connectivity index (χ1n) is 10.2. The Labute approximate surface area is 184 Å². The number of ether oxygens (including phenoxy) is 1. The molecule has 0 spiro atoms. The molecule has 1 aromatic heterocycles. The van der Waals surface area contributed by atoms with Crippen LogP contribution in [0.25, 0.3) is 11.3 Å². The number of aromatic nitrogens is 2. The summed E-state index contributed by atoms with van der Waals surface area (Å²) < 4.78 is 9.63. The average molecular weight is 426 g/mol. The number of imidazole rings is 1. The number of aliphatic imine (C=N–C) groups is 1. The van der Waals surface area contributed by atoms with E-state index in [0.717, 1.165) is 36.4 Å². The van der Waals surface area contributed by atoms with Gasteiger partial charge in [-0.05, 0) is 54.3 Å². The lowest BCUT2D eigenvalue weighted by Gasteiger charge is -2.10. The number of hydrogen-bond acceptors (Lipinski definition) is 3. The first-order valence-corrected chi connectivity index (χ1v) is 10.2. The summed E-state index contributed by atoms with van der Waals surface area (Å²) in [6.07, 6.45) is 4.15. The fourth-order valence-corrected chi connectivity index (χ4v) is 3.90. The Hall–Kier alpha value is -2.79. The Morgan fingerprint density at radius 3 is 2.47 bits per heavy atom. The predicted octanol–water partition coefficient (Wildman–Crippen LogP) is 4.03. The molecule has 0 N–H and O–H groups in total. The van der Waals surface area contributed by atoms with Crippen LogP contribution in [0.1, 0.15) is 37.6 Å². The lowest BCUT2D eigenvalue weighted by Crippen LogP contribution is -2.43. The summed E-state index contributed by atoms with van der Waals surface area (Å²) in [4.78, 5) is 4.30. The molecule has 0 bridgehead atoms. The van der Waals surface area contributed by atoms with Gasteiger partial charge in [0.1, 0.15) is 18.5 Å². The molecule has 2 heterocycles. The molecule has 1 aliphatic rings. The van der Waals surface area contributed by atoms with Gasteiger partial charge in [0, 0.05) is 11.5 Å². The minimum Gasteiger partial charge on any atom is -0.859 e. The molecule has 0 fully saturated rings. The smallest absolute Gasteiger partial charge is 0.257 e. The Balaban J connectivity index is 0.00000256. The molecule has 0 radical (unpaired) electrons. The molecule has 5 nitrogen and oxygen atoms in total. The second kappa shape index (κ2) is 9.35. The van der Waals surface area contributed by atoms with Crippen molar-refractivity contribution >= 4 is 24.0 Å². The Morgan fingerprint density at radius 2 is 1.83 bits per heavy atom. The molecule has 0 amide bonds. The van der Waals surface area contributed by atoms with Crippen LogP contribution in [0.2, 0.25) is 0 Å². The SMILES string of the molecule is COc1ccc(-c2c[n+](CC([O-])=Nc3ccc(C(C)C)cc3)c3n2CCC3)cc1.Cl. The van der Waals surface area contributed by atoms with Crippen molar-refractivity contribution in [3.8, 4) is 17.0 Å². The van der Waals surface area contributed by atoms with E-state index in [9.17, 15) is 5.11 Å². The van der Waals surface area contributed by atoms with E-state index in [1.54, 1.807) is 7.11 Å². The quantitative estimate of drug-likeness (QED) is 0.340. The summed E-state index contributed by atoms with van der Waals surface area (Å²) in [7, 11) is 1.67. The van der Waals surface area contributed by atoms with Gasteiger partial charge in [-0.3, -0.25) is 4.99 Å². The van der Waals surface area contributed by atoms with Gasteiger partial charge >= 0.3 is 0 Å². The predicted molar refractivity (Wildman–Crippen MR) is 120 cm³/mol. The van der Waals surface area contributed by atoms with Gasteiger partial charge in [0.15, 0.2) is 5.69 Å².